The van der Waals surface area contributed by atoms with Gasteiger partial charge in [-0.25, -0.2) is 0 Å². The van der Waals surface area contributed by atoms with Crippen molar-refractivity contribution in [3.63, 3.8) is 0 Å². The first kappa shape index (κ1) is 12.9. The van der Waals surface area contributed by atoms with Gasteiger partial charge >= 0.3 is 0 Å². The van der Waals surface area contributed by atoms with Crippen molar-refractivity contribution >= 4 is 0 Å². The van der Waals surface area contributed by atoms with E-state index in [4.69, 9.17) is 0 Å². The number of hydrogen-bond acceptors (Lipinski definition) is 2. The van der Waals surface area contributed by atoms with Crippen LogP contribution in [-0.4, -0.2) is 35.7 Å². The summed E-state index contributed by atoms with van der Waals surface area (Å²) in [5.74, 6) is 0.549. The maximum Gasteiger partial charge on any atom is 0.0617 e. The molecule has 1 N–H and O–H groups in total. The van der Waals surface area contributed by atoms with Crippen LogP contribution in [0, 0.1) is 5.92 Å². The standard InChI is InChI=1S/C11H25NO/c1-6-10(4)11(7-2,9-13)12(5)8-3/h10,13H,6-9H2,1-5H3. The summed E-state index contributed by atoms with van der Waals surface area (Å²) in [5, 5.41) is 9.54. The molecular weight excluding hydrogens is 162 g/mol. The van der Waals surface area contributed by atoms with E-state index in [1.54, 1.807) is 0 Å². The van der Waals surface area contributed by atoms with Crippen molar-refractivity contribution in [3.8, 4) is 0 Å². The summed E-state index contributed by atoms with van der Waals surface area (Å²) in [5.41, 5.74) is -0.0104. The second-order valence-electron chi connectivity index (χ2n) is 3.94. The van der Waals surface area contributed by atoms with E-state index >= 15 is 0 Å². The minimum atomic E-state index is -0.0104. The number of likely N-dealkylation sites (N-methyl/N-ethyl adjacent to an activating group) is 1. The zero-order chi connectivity index (χ0) is 10.5. The lowest BCUT2D eigenvalue weighted by atomic mass is 9.80. The topological polar surface area (TPSA) is 23.5 Å². The summed E-state index contributed by atoms with van der Waals surface area (Å²) >= 11 is 0. The molecule has 0 saturated carbocycles. The monoisotopic (exact) mass is 187 g/mol. The van der Waals surface area contributed by atoms with Gasteiger partial charge in [0.05, 0.1) is 6.61 Å². The predicted octanol–water partition coefficient (Wildman–Crippen LogP) is 2.13. The van der Waals surface area contributed by atoms with Gasteiger partial charge in [-0.3, -0.25) is 4.90 Å². The molecule has 80 valence electrons. The lowest BCUT2D eigenvalue weighted by Gasteiger charge is -2.44. The Bertz CT molecular complexity index is 120. The molecule has 2 heteroatoms. The SMILES string of the molecule is CCC(C)C(CC)(CO)N(C)CC. The summed E-state index contributed by atoms with van der Waals surface area (Å²) in [6.07, 6.45) is 2.14. The van der Waals surface area contributed by atoms with E-state index in [1.165, 1.54) is 0 Å². The number of rotatable bonds is 6. The van der Waals surface area contributed by atoms with Crippen molar-refractivity contribution in [2.75, 3.05) is 20.2 Å². The van der Waals surface area contributed by atoms with Crippen LogP contribution >= 0.6 is 0 Å². The van der Waals surface area contributed by atoms with E-state index in [0.717, 1.165) is 19.4 Å². The summed E-state index contributed by atoms with van der Waals surface area (Å²) in [6, 6.07) is 0. The first-order valence-electron chi connectivity index (χ1n) is 5.41. The molecule has 0 saturated heterocycles. The Balaban J connectivity index is 4.67. The van der Waals surface area contributed by atoms with Crippen molar-refractivity contribution in [1.82, 2.24) is 4.90 Å². The zero-order valence-corrected chi connectivity index (χ0v) is 9.80. The highest BCUT2D eigenvalue weighted by molar-refractivity contribution is 4.91. The highest BCUT2D eigenvalue weighted by atomic mass is 16.3. The van der Waals surface area contributed by atoms with Crippen molar-refractivity contribution in [2.45, 2.75) is 46.1 Å². The fourth-order valence-electron chi connectivity index (χ4n) is 2.08. The van der Waals surface area contributed by atoms with E-state index in [-0.39, 0.29) is 12.1 Å². The maximum absolute atomic E-state index is 9.54. The van der Waals surface area contributed by atoms with E-state index < -0.39 is 0 Å². The van der Waals surface area contributed by atoms with Gasteiger partial charge in [-0.2, -0.15) is 0 Å². The Hall–Kier alpha value is -0.0800. The third-order valence-electron chi connectivity index (χ3n) is 3.65. The van der Waals surface area contributed by atoms with Crippen molar-refractivity contribution in [3.05, 3.63) is 0 Å². The molecule has 0 aliphatic heterocycles. The molecule has 0 aromatic rings. The quantitative estimate of drug-likeness (QED) is 0.688. The molecule has 0 rings (SSSR count). The molecule has 0 heterocycles. The normalized spacial score (nSPS) is 18.7. The summed E-state index contributed by atoms with van der Waals surface area (Å²) < 4.78 is 0. The van der Waals surface area contributed by atoms with Crippen LogP contribution in [0.15, 0.2) is 0 Å². The molecule has 0 aliphatic rings. The Morgan fingerprint density at radius 2 is 1.85 bits per heavy atom. The van der Waals surface area contributed by atoms with E-state index in [0.29, 0.717) is 5.92 Å². The Morgan fingerprint density at radius 1 is 1.31 bits per heavy atom. The Labute approximate surface area is 82.9 Å². The molecule has 0 radical (unpaired) electrons. The molecular formula is C11H25NO. The third kappa shape index (κ3) is 2.44. The van der Waals surface area contributed by atoms with E-state index in [1.807, 2.05) is 0 Å². The van der Waals surface area contributed by atoms with Gasteiger partial charge in [-0.15, -0.1) is 0 Å². The number of hydrogen-bond donors (Lipinski definition) is 1. The first-order valence-corrected chi connectivity index (χ1v) is 5.41. The minimum absolute atomic E-state index is 0.0104. The molecule has 2 unspecified atom stereocenters. The molecule has 0 aromatic heterocycles. The highest BCUT2D eigenvalue weighted by Gasteiger charge is 2.35. The number of nitrogens with zero attached hydrogens (tertiary/aromatic N) is 1. The smallest absolute Gasteiger partial charge is 0.0617 e. The molecule has 13 heavy (non-hydrogen) atoms. The largest absolute Gasteiger partial charge is 0.394 e. The highest BCUT2D eigenvalue weighted by Crippen LogP contribution is 2.29. The van der Waals surface area contributed by atoms with Crippen LogP contribution in [0.25, 0.3) is 0 Å². The van der Waals surface area contributed by atoms with Crippen LogP contribution in [-0.2, 0) is 0 Å². The number of aliphatic hydroxyl groups excluding tert-OH is 1. The summed E-state index contributed by atoms with van der Waals surface area (Å²) in [4.78, 5) is 2.28. The Kier molecular flexibility index (Phi) is 5.57. The maximum atomic E-state index is 9.54. The van der Waals surface area contributed by atoms with Crippen LogP contribution < -0.4 is 0 Å². The van der Waals surface area contributed by atoms with Gasteiger partial charge in [0, 0.05) is 5.54 Å². The first-order chi connectivity index (χ1) is 6.08. The van der Waals surface area contributed by atoms with Crippen molar-refractivity contribution in [2.24, 2.45) is 5.92 Å². The van der Waals surface area contributed by atoms with E-state index in [9.17, 15) is 5.11 Å². The average Bonchev–Trinajstić information content (AvgIpc) is 2.19. The number of aliphatic hydroxyl groups is 1. The molecule has 0 aliphatic carbocycles. The van der Waals surface area contributed by atoms with Gasteiger partial charge in [0.2, 0.25) is 0 Å². The fraction of sp³-hybridized carbons (Fsp3) is 1.00. The molecule has 0 amide bonds. The average molecular weight is 187 g/mol. The lowest BCUT2D eigenvalue weighted by Crippen LogP contribution is -2.53. The van der Waals surface area contributed by atoms with Gasteiger partial charge in [-0.1, -0.05) is 34.1 Å². The predicted molar refractivity (Wildman–Crippen MR) is 57.9 cm³/mol. The second-order valence-corrected chi connectivity index (χ2v) is 3.94. The van der Waals surface area contributed by atoms with Crippen LogP contribution in [0.4, 0.5) is 0 Å². The zero-order valence-electron chi connectivity index (χ0n) is 9.80. The van der Waals surface area contributed by atoms with Gasteiger partial charge in [0.15, 0.2) is 0 Å². The molecule has 2 nitrogen and oxygen atoms in total. The van der Waals surface area contributed by atoms with Gasteiger partial charge in [-0.05, 0) is 25.9 Å². The Morgan fingerprint density at radius 3 is 2.08 bits per heavy atom. The molecule has 0 spiro atoms. The van der Waals surface area contributed by atoms with Crippen LogP contribution in [0.2, 0.25) is 0 Å². The summed E-state index contributed by atoms with van der Waals surface area (Å²) in [6.45, 7) is 9.98. The van der Waals surface area contributed by atoms with Crippen LogP contribution in [0.1, 0.15) is 40.5 Å². The second kappa shape index (κ2) is 5.61. The van der Waals surface area contributed by atoms with Gasteiger partial charge in [0.25, 0.3) is 0 Å². The molecule has 0 bridgehead atoms. The van der Waals surface area contributed by atoms with Gasteiger partial charge in [0.1, 0.15) is 0 Å². The van der Waals surface area contributed by atoms with E-state index in [2.05, 4.69) is 39.6 Å². The summed E-state index contributed by atoms with van der Waals surface area (Å²) in [7, 11) is 2.10. The third-order valence-corrected chi connectivity index (χ3v) is 3.65. The molecule has 0 aromatic carbocycles. The van der Waals surface area contributed by atoms with Gasteiger partial charge < -0.3 is 5.11 Å². The van der Waals surface area contributed by atoms with Crippen molar-refractivity contribution < 1.29 is 5.11 Å². The molecule has 2 atom stereocenters. The minimum Gasteiger partial charge on any atom is -0.394 e. The van der Waals surface area contributed by atoms with Crippen LogP contribution in [0.3, 0.4) is 0 Å². The fourth-order valence-corrected chi connectivity index (χ4v) is 2.08. The molecule has 0 fully saturated rings. The lowest BCUT2D eigenvalue weighted by molar-refractivity contribution is 0.00423. The van der Waals surface area contributed by atoms with Crippen molar-refractivity contribution in [1.29, 1.82) is 0 Å². The van der Waals surface area contributed by atoms with Crippen LogP contribution in [0.5, 0.6) is 0 Å².